The maximum atomic E-state index is 14.5. The zero-order chi connectivity index (χ0) is 37.5. The van der Waals surface area contributed by atoms with Crippen molar-refractivity contribution in [2.24, 2.45) is 5.92 Å². The van der Waals surface area contributed by atoms with Gasteiger partial charge < -0.3 is 25.2 Å². The first-order valence-corrected chi connectivity index (χ1v) is 20.5. The molecule has 16 heteroatoms. The van der Waals surface area contributed by atoms with E-state index in [1.54, 1.807) is 24.1 Å². The quantitative estimate of drug-likeness (QED) is 0.371. The molecule has 53 heavy (non-hydrogen) atoms. The van der Waals surface area contributed by atoms with Gasteiger partial charge in [-0.3, -0.25) is 24.0 Å². The summed E-state index contributed by atoms with van der Waals surface area (Å²) in [4.78, 5) is 73.6. The van der Waals surface area contributed by atoms with Gasteiger partial charge in [-0.25, -0.2) is 22.4 Å². The maximum Gasteiger partial charge on any atom is 0.410 e. The first-order chi connectivity index (χ1) is 25.4. The fraction of sp³-hybridized carbons (Fsp3) is 0.649. The summed E-state index contributed by atoms with van der Waals surface area (Å²) in [6.45, 7) is 0.00436. The Bertz CT molecular complexity index is 1780. The SMILES string of the molecule is CN(C(=O)N[C@H]1CCCCC/C=C\[C@@H]2C[C@@]2(C(=O)NS(=O)(=O)C2CC2)NC(=O)[C@@H]2C[C@@H](OC(=O)N3Cc4cccc(F)c4C3)CN2C1=O)C1CCCC1. The highest BCUT2D eigenvalue weighted by molar-refractivity contribution is 7.91. The van der Waals surface area contributed by atoms with Crippen molar-refractivity contribution in [1.82, 2.24) is 30.1 Å². The largest absolute Gasteiger partial charge is 0.444 e. The van der Waals surface area contributed by atoms with Crippen molar-refractivity contribution in [1.29, 1.82) is 0 Å². The van der Waals surface area contributed by atoms with E-state index in [-0.39, 0.29) is 44.5 Å². The molecule has 1 aromatic rings. The van der Waals surface area contributed by atoms with Crippen molar-refractivity contribution in [2.75, 3.05) is 13.6 Å². The van der Waals surface area contributed by atoms with E-state index >= 15 is 0 Å². The van der Waals surface area contributed by atoms with Crippen LogP contribution in [0.2, 0.25) is 0 Å². The summed E-state index contributed by atoms with van der Waals surface area (Å²) in [6.07, 6.45) is 10.1. The van der Waals surface area contributed by atoms with Gasteiger partial charge in [0.15, 0.2) is 0 Å². The molecule has 3 aliphatic carbocycles. The van der Waals surface area contributed by atoms with Gasteiger partial charge in [-0.1, -0.05) is 50.0 Å². The van der Waals surface area contributed by atoms with Crippen molar-refractivity contribution in [3.05, 3.63) is 47.3 Å². The predicted octanol–water partition coefficient (Wildman–Crippen LogP) is 3.20. The number of ether oxygens (including phenoxy) is 1. The number of carbonyl (C=O) groups is 5. The Labute approximate surface area is 309 Å². The summed E-state index contributed by atoms with van der Waals surface area (Å²) in [6, 6.07) is 2.16. The smallest absolute Gasteiger partial charge is 0.410 e. The second kappa shape index (κ2) is 14.9. The molecule has 0 bridgehead atoms. The third-order valence-corrected chi connectivity index (χ3v) is 13.6. The summed E-state index contributed by atoms with van der Waals surface area (Å²) in [5, 5.41) is 5.11. The Kier molecular flexibility index (Phi) is 10.4. The summed E-state index contributed by atoms with van der Waals surface area (Å²) in [5.74, 6) is -2.90. The van der Waals surface area contributed by atoms with E-state index in [0.29, 0.717) is 43.2 Å². The average molecular weight is 757 g/mol. The number of sulfonamides is 1. The van der Waals surface area contributed by atoms with Crippen LogP contribution in [0.4, 0.5) is 14.0 Å². The van der Waals surface area contributed by atoms with Crippen molar-refractivity contribution >= 4 is 39.9 Å². The van der Waals surface area contributed by atoms with Crippen molar-refractivity contribution in [2.45, 2.75) is 132 Å². The van der Waals surface area contributed by atoms with Crippen LogP contribution in [0, 0.1) is 11.7 Å². The molecule has 0 aromatic heterocycles. The lowest BCUT2D eigenvalue weighted by Gasteiger charge is -2.32. The molecule has 3 aliphatic heterocycles. The molecule has 288 valence electrons. The number of urea groups is 1. The molecule has 6 aliphatic rings. The zero-order valence-corrected chi connectivity index (χ0v) is 30.9. The Morgan fingerprint density at radius 1 is 1.02 bits per heavy atom. The lowest BCUT2D eigenvalue weighted by Crippen LogP contribution is -2.59. The minimum atomic E-state index is -3.91. The van der Waals surface area contributed by atoms with Gasteiger partial charge in [0, 0.05) is 37.5 Å². The number of nitrogens with one attached hydrogen (secondary N) is 3. The molecular formula is C37H49FN6O8S. The number of benzene rings is 1. The summed E-state index contributed by atoms with van der Waals surface area (Å²) >= 11 is 0. The van der Waals surface area contributed by atoms with Gasteiger partial charge in [0.25, 0.3) is 5.91 Å². The fourth-order valence-electron chi connectivity index (χ4n) is 8.28. The van der Waals surface area contributed by atoms with Gasteiger partial charge in [-0.05, 0) is 63.0 Å². The van der Waals surface area contributed by atoms with Crippen LogP contribution < -0.4 is 15.4 Å². The molecule has 5 atom stereocenters. The lowest BCUT2D eigenvalue weighted by molar-refractivity contribution is -0.141. The van der Waals surface area contributed by atoms with Gasteiger partial charge in [0.2, 0.25) is 21.8 Å². The number of nitrogens with zero attached hydrogens (tertiary/aromatic N) is 3. The van der Waals surface area contributed by atoms with Crippen molar-refractivity contribution in [3.63, 3.8) is 0 Å². The predicted molar refractivity (Wildman–Crippen MR) is 190 cm³/mol. The van der Waals surface area contributed by atoms with Gasteiger partial charge in [-0.15, -0.1) is 0 Å². The number of halogens is 1. The molecule has 6 amide bonds. The molecule has 0 spiro atoms. The Morgan fingerprint density at radius 2 is 1.77 bits per heavy atom. The molecule has 3 saturated carbocycles. The van der Waals surface area contributed by atoms with E-state index in [4.69, 9.17) is 4.74 Å². The second-order valence-electron chi connectivity index (χ2n) is 15.5. The van der Waals surface area contributed by atoms with E-state index in [1.807, 2.05) is 12.2 Å². The number of hydrogen-bond acceptors (Lipinski definition) is 8. The Hall–Kier alpha value is -4.21. The highest BCUT2D eigenvalue weighted by Crippen LogP contribution is 2.46. The van der Waals surface area contributed by atoms with Crippen LogP contribution in [0.1, 0.15) is 94.6 Å². The lowest BCUT2D eigenvalue weighted by atomic mass is 10.0. The molecule has 14 nitrogen and oxygen atoms in total. The molecule has 3 heterocycles. The number of carbonyl (C=O) groups excluding carboxylic acids is 5. The molecule has 0 radical (unpaired) electrons. The molecule has 4 fully saturated rings. The van der Waals surface area contributed by atoms with E-state index < -0.39 is 74.5 Å². The molecule has 3 N–H and O–H groups in total. The Morgan fingerprint density at radius 3 is 2.51 bits per heavy atom. The van der Waals surface area contributed by atoms with E-state index in [0.717, 1.165) is 38.5 Å². The normalized spacial score (nSPS) is 29.8. The number of rotatable bonds is 6. The van der Waals surface area contributed by atoms with Gasteiger partial charge in [-0.2, -0.15) is 0 Å². The van der Waals surface area contributed by atoms with Crippen LogP contribution in [-0.2, 0) is 42.2 Å². The van der Waals surface area contributed by atoms with Crippen molar-refractivity contribution in [3.8, 4) is 0 Å². The van der Waals surface area contributed by atoms with Crippen LogP contribution in [0.5, 0.6) is 0 Å². The molecular weight excluding hydrogens is 708 g/mol. The van der Waals surface area contributed by atoms with Gasteiger partial charge in [0.05, 0.1) is 18.3 Å². The monoisotopic (exact) mass is 756 g/mol. The standard InChI is InChI=1S/C37H49FN6O8S/c1-42(25-12-7-8-13-25)35(48)39-30-15-6-4-2-3-5-11-24-19-37(24,34(47)41-53(50,51)27-16-17-27)40-32(45)31-18-26(21-44(31)33(30)46)52-36(49)43-20-23-10-9-14-29(38)28(23)22-43/h5,9-11,14,24-27,30-31H,2-4,6-8,12-13,15-22H2,1H3,(H,39,48)(H,40,45)(H,41,47)/b11-5-/t24-,26-,30+,31+,37-/m1/s1. The van der Waals surface area contributed by atoms with Crippen LogP contribution in [0.25, 0.3) is 0 Å². The van der Waals surface area contributed by atoms with Crippen LogP contribution >= 0.6 is 0 Å². The summed E-state index contributed by atoms with van der Waals surface area (Å²) < 4.78 is 48.1. The number of fused-ring (bicyclic) bond motifs is 3. The van der Waals surface area contributed by atoms with Crippen LogP contribution in [-0.4, -0.2) is 102 Å². The molecule has 7 rings (SSSR count). The topological polar surface area (TPSA) is 175 Å². The molecule has 1 saturated heterocycles. The fourth-order valence-corrected chi connectivity index (χ4v) is 9.65. The third-order valence-electron chi connectivity index (χ3n) is 11.8. The van der Waals surface area contributed by atoms with Crippen molar-refractivity contribution < 1.29 is 41.5 Å². The molecule has 0 unspecified atom stereocenters. The first kappa shape index (κ1) is 37.1. The zero-order valence-electron chi connectivity index (χ0n) is 30.1. The third kappa shape index (κ3) is 7.88. The van der Waals surface area contributed by atoms with Gasteiger partial charge in [0.1, 0.15) is 29.5 Å². The van der Waals surface area contributed by atoms with E-state index in [9.17, 15) is 36.8 Å². The first-order valence-electron chi connectivity index (χ1n) is 19.0. The second-order valence-corrected chi connectivity index (χ2v) is 17.5. The summed E-state index contributed by atoms with van der Waals surface area (Å²) in [7, 11) is -2.19. The maximum absolute atomic E-state index is 14.5. The van der Waals surface area contributed by atoms with Crippen LogP contribution in [0.3, 0.4) is 0 Å². The average Bonchev–Trinajstić information content (AvgIpc) is 3.88. The number of hydrogen-bond donors (Lipinski definition) is 3. The van der Waals surface area contributed by atoms with Crippen LogP contribution in [0.15, 0.2) is 30.4 Å². The number of allylic oxidation sites excluding steroid dienone is 1. The Balaban J connectivity index is 1.13. The minimum absolute atomic E-state index is 0.0129. The van der Waals surface area contributed by atoms with Gasteiger partial charge >= 0.3 is 12.1 Å². The highest BCUT2D eigenvalue weighted by atomic mass is 32.2. The van der Waals surface area contributed by atoms with E-state index in [1.165, 1.54) is 15.9 Å². The minimum Gasteiger partial charge on any atom is -0.444 e. The summed E-state index contributed by atoms with van der Waals surface area (Å²) in [5.41, 5.74) is -0.473. The number of amides is 6. The van der Waals surface area contributed by atoms with E-state index in [2.05, 4.69) is 15.4 Å². The highest BCUT2D eigenvalue weighted by Gasteiger charge is 2.62. The molecule has 1 aromatic carbocycles.